The third kappa shape index (κ3) is 1.98. The van der Waals surface area contributed by atoms with Crippen LogP contribution in [0.2, 0.25) is 0 Å². The molecule has 1 amide bonds. The van der Waals surface area contributed by atoms with E-state index in [2.05, 4.69) is 20.5 Å². The van der Waals surface area contributed by atoms with Crippen LogP contribution in [0.3, 0.4) is 0 Å². The van der Waals surface area contributed by atoms with Gasteiger partial charge in [0.05, 0.1) is 23.3 Å². The van der Waals surface area contributed by atoms with Crippen LogP contribution in [0.25, 0.3) is 10.9 Å². The highest BCUT2D eigenvalue weighted by Gasteiger charge is 2.09. The molecule has 0 saturated carbocycles. The molecule has 3 aromatic rings. The molecule has 18 heavy (non-hydrogen) atoms. The van der Waals surface area contributed by atoms with Crippen LogP contribution in [0, 0.1) is 0 Å². The van der Waals surface area contributed by atoms with Crippen LogP contribution < -0.4 is 5.32 Å². The second kappa shape index (κ2) is 4.58. The highest BCUT2D eigenvalue weighted by atomic mass is 32.1. The number of nitrogens with zero attached hydrogens (tertiary/aromatic N) is 2. The molecular formula is C12H10N4OS. The van der Waals surface area contributed by atoms with Gasteiger partial charge in [0.2, 0.25) is 0 Å². The molecule has 0 unspecified atom stereocenters. The van der Waals surface area contributed by atoms with Crippen molar-refractivity contribution in [3.63, 3.8) is 0 Å². The lowest BCUT2D eigenvalue weighted by molar-refractivity contribution is 0.0946. The van der Waals surface area contributed by atoms with E-state index in [1.54, 1.807) is 10.9 Å². The number of para-hydroxylation sites is 1. The lowest BCUT2D eigenvalue weighted by Gasteiger charge is -2.01. The molecule has 5 nitrogen and oxygen atoms in total. The van der Waals surface area contributed by atoms with Crippen molar-refractivity contribution in [3.05, 3.63) is 46.5 Å². The van der Waals surface area contributed by atoms with Crippen molar-refractivity contribution in [1.29, 1.82) is 0 Å². The fraction of sp³-hybridized carbons (Fsp3) is 0.0833. The first-order chi connectivity index (χ1) is 8.84. The number of nitrogens with one attached hydrogen (secondary N) is 2. The summed E-state index contributed by atoms with van der Waals surface area (Å²) in [6.45, 7) is 0.414. The number of amides is 1. The van der Waals surface area contributed by atoms with Crippen LogP contribution in [-0.4, -0.2) is 21.1 Å². The largest absolute Gasteiger partial charge is 0.345 e. The van der Waals surface area contributed by atoms with Crippen LogP contribution in [0.4, 0.5) is 0 Å². The van der Waals surface area contributed by atoms with Crippen LogP contribution in [0.5, 0.6) is 0 Å². The Bertz CT molecular complexity index is 674. The van der Waals surface area contributed by atoms with Gasteiger partial charge >= 0.3 is 0 Å². The monoisotopic (exact) mass is 258 g/mol. The number of carbonyl (C=O) groups excluding carboxylic acids is 1. The van der Waals surface area contributed by atoms with E-state index in [-0.39, 0.29) is 5.91 Å². The van der Waals surface area contributed by atoms with E-state index in [9.17, 15) is 4.79 Å². The van der Waals surface area contributed by atoms with E-state index >= 15 is 0 Å². The van der Waals surface area contributed by atoms with Gasteiger partial charge in [0.25, 0.3) is 5.91 Å². The Morgan fingerprint density at radius 1 is 1.39 bits per heavy atom. The average Bonchev–Trinajstić information content (AvgIpc) is 3.06. The average molecular weight is 258 g/mol. The van der Waals surface area contributed by atoms with Gasteiger partial charge in [-0.3, -0.25) is 9.89 Å². The third-order valence-electron chi connectivity index (χ3n) is 2.63. The first kappa shape index (κ1) is 10.9. The van der Waals surface area contributed by atoms with Crippen molar-refractivity contribution in [2.24, 2.45) is 0 Å². The molecule has 0 aliphatic carbocycles. The number of benzene rings is 1. The van der Waals surface area contributed by atoms with Gasteiger partial charge in [0.15, 0.2) is 0 Å². The van der Waals surface area contributed by atoms with Crippen molar-refractivity contribution in [1.82, 2.24) is 20.5 Å². The van der Waals surface area contributed by atoms with E-state index in [0.29, 0.717) is 12.2 Å². The molecule has 0 fully saturated rings. The Hall–Kier alpha value is -2.21. The number of hydrogen-bond acceptors (Lipinski definition) is 4. The maximum atomic E-state index is 11.7. The molecule has 90 valence electrons. The minimum Gasteiger partial charge on any atom is -0.345 e. The summed E-state index contributed by atoms with van der Waals surface area (Å²) in [5, 5.41) is 12.7. The molecule has 3 rings (SSSR count). The van der Waals surface area contributed by atoms with Gasteiger partial charge in [-0.1, -0.05) is 18.2 Å². The van der Waals surface area contributed by atoms with Crippen LogP contribution >= 0.6 is 11.3 Å². The zero-order valence-electron chi connectivity index (χ0n) is 9.38. The van der Waals surface area contributed by atoms with Crippen molar-refractivity contribution >= 4 is 28.1 Å². The first-order valence-corrected chi connectivity index (χ1v) is 6.37. The minimum absolute atomic E-state index is 0.171. The molecule has 6 heteroatoms. The Morgan fingerprint density at radius 3 is 3.11 bits per heavy atom. The lowest BCUT2D eigenvalue weighted by atomic mass is 10.2. The smallest absolute Gasteiger partial charge is 0.271 e. The topological polar surface area (TPSA) is 70.7 Å². The van der Waals surface area contributed by atoms with E-state index in [4.69, 9.17) is 0 Å². The molecule has 0 aliphatic heterocycles. The summed E-state index contributed by atoms with van der Waals surface area (Å²) in [4.78, 5) is 15.7. The second-order valence-electron chi connectivity index (χ2n) is 3.78. The van der Waals surface area contributed by atoms with Gasteiger partial charge in [-0.2, -0.15) is 5.10 Å². The summed E-state index contributed by atoms with van der Waals surface area (Å²) in [6.07, 6.45) is 0. The standard InChI is InChI=1S/C12H10N4OS/c17-12(11-6-18-7-14-11)13-5-10-8-3-1-2-4-9(8)15-16-10/h1-4,6-7H,5H2,(H,13,17)(H,15,16). The SMILES string of the molecule is O=C(NCc1[nH]nc2ccccc12)c1cscn1. The van der Waals surface area contributed by atoms with Gasteiger partial charge < -0.3 is 5.32 Å². The molecule has 0 saturated heterocycles. The Balaban J connectivity index is 1.76. The number of H-pyrrole nitrogens is 1. The van der Waals surface area contributed by atoms with Crippen LogP contribution in [0.1, 0.15) is 16.2 Å². The summed E-state index contributed by atoms with van der Waals surface area (Å²) in [6, 6.07) is 7.78. The molecule has 0 spiro atoms. The van der Waals surface area contributed by atoms with Crippen LogP contribution in [-0.2, 0) is 6.54 Å². The molecule has 0 aliphatic rings. The number of fused-ring (bicyclic) bond motifs is 1. The number of hydrogen-bond donors (Lipinski definition) is 2. The Morgan fingerprint density at radius 2 is 2.28 bits per heavy atom. The summed E-state index contributed by atoms with van der Waals surface area (Å²) in [5.41, 5.74) is 3.88. The van der Waals surface area contributed by atoms with Gasteiger partial charge in [0.1, 0.15) is 5.69 Å². The number of aromatic amines is 1. The number of thiazole rings is 1. The van der Waals surface area contributed by atoms with Gasteiger partial charge in [-0.15, -0.1) is 11.3 Å². The molecule has 2 heterocycles. The normalized spacial score (nSPS) is 10.7. The summed E-state index contributed by atoms with van der Waals surface area (Å²) >= 11 is 1.40. The lowest BCUT2D eigenvalue weighted by Crippen LogP contribution is -2.23. The highest BCUT2D eigenvalue weighted by molar-refractivity contribution is 7.07. The number of rotatable bonds is 3. The first-order valence-electron chi connectivity index (χ1n) is 5.43. The molecule has 0 atom stereocenters. The third-order valence-corrected chi connectivity index (χ3v) is 3.22. The zero-order valence-corrected chi connectivity index (χ0v) is 10.2. The van der Waals surface area contributed by atoms with Gasteiger partial charge in [-0.05, 0) is 6.07 Å². The number of aromatic nitrogens is 3. The Labute approximate surface area is 107 Å². The summed E-state index contributed by atoms with van der Waals surface area (Å²) in [5.74, 6) is -0.171. The van der Waals surface area contributed by atoms with Crippen molar-refractivity contribution in [3.8, 4) is 0 Å². The van der Waals surface area contributed by atoms with E-state index in [0.717, 1.165) is 16.6 Å². The van der Waals surface area contributed by atoms with Gasteiger partial charge in [0, 0.05) is 10.8 Å². The predicted octanol–water partition coefficient (Wildman–Crippen LogP) is 1.95. The molecule has 0 bridgehead atoms. The summed E-state index contributed by atoms with van der Waals surface area (Å²) in [7, 11) is 0. The molecular weight excluding hydrogens is 248 g/mol. The van der Waals surface area contributed by atoms with E-state index < -0.39 is 0 Å². The van der Waals surface area contributed by atoms with Crippen LogP contribution in [0.15, 0.2) is 35.2 Å². The quantitative estimate of drug-likeness (QED) is 0.754. The number of carbonyl (C=O) groups is 1. The summed E-state index contributed by atoms with van der Waals surface area (Å²) < 4.78 is 0. The predicted molar refractivity (Wildman–Crippen MR) is 69.4 cm³/mol. The second-order valence-corrected chi connectivity index (χ2v) is 4.49. The molecule has 0 radical (unpaired) electrons. The van der Waals surface area contributed by atoms with Crippen molar-refractivity contribution in [2.45, 2.75) is 6.54 Å². The molecule has 2 aromatic heterocycles. The van der Waals surface area contributed by atoms with Crippen molar-refractivity contribution in [2.75, 3.05) is 0 Å². The maximum absolute atomic E-state index is 11.7. The maximum Gasteiger partial charge on any atom is 0.271 e. The fourth-order valence-corrected chi connectivity index (χ4v) is 2.26. The highest BCUT2D eigenvalue weighted by Crippen LogP contribution is 2.14. The molecule has 1 aromatic carbocycles. The Kier molecular flexibility index (Phi) is 2.77. The fourth-order valence-electron chi connectivity index (χ4n) is 1.73. The van der Waals surface area contributed by atoms with Crippen molar-refractivity contribution < 1.29 is 4.79 Å². The van der Waals surface area contributed by atoms with E-state index in [1.807, 2.05) is 24.3 Å². The zero-order chi connectivity index (χ0) is 12.4. The van der Waals surface area contributed by atoms with E-state index in [1.165, 1.54) is 11.3 Å². The van der Waals surface area contributed by atoms with Gasteiger partial charge in [-0.25, -0.2) is 4.98 Å². The molecule has 2 N–H and O–H groups in total. The minimum atomic E-state index is -0.171.